The van der Waals surface area contributed by atoms with Crippen molar-refractivity contribution < 1.29 is 45.2 Å². The van der Waals surface area contributed by atoms with Crippen LogP contribution >= 0.6 is 0 Å². The molecule has 1 aliphatic heterocycles. The number of nitrogens with one attached hydrogen (secondary N) is 2. The van der Waals surface area contributed by atoms with Gasteiger partial charge in [-0.1, -0.05) is 0 Å². The summed E-state index contributed by atoms with van der Waals surface area (Å²) in [5.41, 5.74) is -0.808. The van der Waals surface area contributed by atoms with Gasteiger partial charge in [0.1, 0.15) is 29.1 Å². The summed E-state index contributed by atoms with van der Waals surface area (Å²) in [6.45, 7) is 4.81. The number of Topliss-reactive ketones (excluding diaryl/α,β-unsaturated/α-hetero) is 1. The Kier molecular flexibility index (Phi) is 7.51. The van der Waals surface area contributed by atoms with Crippen LogP contribution in [0.3, 0.4) is 0 Å². The van der Waals surface area contributed by atoms with E-state index in [0.29, 0.717) is 17.8 Å². The number of aromatic amines is 1. The molecule has 1 aromatic carbocycles. The number of halogens is 6. The lowest BCUT2D eigenvalue weighted by Gasteiger charge is -2.25. The zero-order chi connectivity index (χ0) is 26.1. The third-order valence-corrected chi connectivity index (χ3v) is 5.60. The van der Waals surface area contributed by atoms with Crippen molar-refractivity contribution in [2.45, 2.75) is 70.8 Å². The van der Waals surface area contributed by atoms with Gasteiger partial charge >= 0.3 is 18.1 Å². The number of alkyl halides is 3. The van der Waals surface area contributed by atoms with Crippen LogP contribution in [0.5, 0.6) is 0 Å². The van der Waals surface area contributed by atoms with Gasteiger partial charge in [0.15, 0.2) is 11.6 Å². The molecule has 0 fully saturated rings. The number of nitrogens with zero attached hydrogens (tertiary/aromatic N) is 1. The summed E-state index contributed by atoms with van der Waals surface area (Å²) in [7, 11) is 0. The van der Waals surface area contributed by atoms with Crippen molar-refractivity contribution in [1.29, 1.82) is 0 Å². The number of H-pyrrole nitrogens is 1. The molecular weight excluding hydrogens is 480 g/mol. The molecule has 0 saturated carbocycles. The summed E-state index contributed by atoms with van der Waals surface area (Å²) in [4.78, 5) is 27.5. The molecule has 0 spiro atoms. The molecule has 35 heavy (non-hydrogen) atoms. The summed E-state index contributed by atoms with van der Waals surface area (Å²) >= 11 is 0. The smallest absolute Gasteiger partial charge is 0.444 e. The lowest BCUT2D eigenvalue weighted by molar-refractivity contribution is -0.726. The molecule has 2 aromatic rings. The van der Waals surface area contributed by atoms with E-state index in [0.717, 1.165) is 4.57 Å². The number of imidazole rings is 1. The molecule has 0 bridgehead atoms. The maximum absolute atomic E-state index is 14.2. The molecule has 0 radical (unpaired) electrons. The number of carbonyl (C=O) groups is 2. The Bertz CT molecular complexity index is 1110. The number of aromatic nitrogens is 2. The highest BCUT2D eigenvalue weighted by atomic mass is 19.4. The zero-order valence-corrected chi connectivity index (χ0v) is 19.4. The van der Waals surface area contributed by atoms with Crippen LogP contribution in [-0.2, 0) is 35.1 Å². The highest BCUT2D eigenvalue weighted by Gasteiger charge is 2.45. The van der Waals surface area contributed by atoms with Gasteiger partial charge in [0.25, 0.3) is 0 Å². The van der Waals surface area contributed by atoms with E-state index in [9.17, 15) is 35.9 Å². The van der Waals surface area contributed by atoms with E-state index in [2.05, 4.69) is 10.3 Å². The maximum Gasteiger partial charge on any atom is 0.494 e. The Morgan fingerprint density at radius 1 is 1.14 bits per heavy atom. The molecule has 2 atom stereocenters. The molecule has 1 amide bonds. The second kappa shape index (κ2) is 9.90. The number of ketones is 1. The van der Waals surface area contributed by atoms with Crippen LogP contribution in [0.25, 0.3) is 0 Å². The number of amides is 1. The summed E-state index contributed by atoms with van der Waals surface area (Å²) in [6.07, 6.45) is -4.70. The molecule has 2 heterocycles. The average Bonchev–Trinajstić information content (AvgIpc) is 3.14. The molecule has 1 aromatic heterocycles. The van der Waals surface area contributed by atoms with Crippen molar-refractivity contribution in [3.8, 4) is 0 Å². The first-order valence-electron chi connectivity index (χ1n) is 11.0. The van der Waals surface area contributed by atoms with Gasteiger partial charge in [0.2, 0.25) is 0 Å². The second-order valence-corrected chi connectivity index (χ2v) is 9.54. The van der Waals surface area contributed by atoms with Crippen LogP contribution < -0.4 is 9.88 Å². The van der Waals surface area contributed by atoms with Gasteiger partial charge in [-0.2, -0.15) is 13.2 Å². The summed E-state index contributed by atoms with van der Waals surface area (Å²) in [5.74, 6) is -5.61. The summed E-state index contributed by atoms with van der Waals surface area (Å²) < 4.78 is 86.8. The predicted molar refractivity (Wildman–Crippen MR) is 111 cm³/mol. The molecule has 6 nitrogen and oxygen atoms in total. The number of hydrogen-bond donors (Lipinski definition) is 2. The predicted octanol–water partition coefficient (Wildman–Crippen LogP) is 4.40. The number of hydrogen-bond acceptors (Lipinski definition) is 3. The van der Waals surface area contributed by atoms with Gasteiger partial charge in [-0.3, -0.25) is 4.79 Å². The minimum absolute atomic E-state index is 0.0357. The van der Waals surface area contributed by atoms with E-state index in [4.69, 9.17) is 4.74 Å². The zero-order valence-electron chi connectivity index (χ0n) is 19.4. The third kappa shape index (κ3) is 6.76. The van der Waals surface area contributed by atoms with Crippen molar-refractivity contribution >= 4 is 11.9 Å². The first-order valence-corrected chi connectivity index (χ1v) is 11.0. The van der Waals surface area contributed by atoms with E-state index in [1.807, 2.05) is 0 Å². The van der Waals surface area contributed by atoms with Crippen LogP contribution in [0.2, 0.25) is 0 Å². The van der Waals surface area contributed by atoms with E-state index in [1.165, 1.54) is 6.20 Å². The fourth-order valence-electron chi connectivity index (χ4n) is 4.07. The number of rotatable bonds is 6. The van der Waals surface area contributed by atoms with Crippen LogP contribution in [0, 0.1) is 23.4 Å². The van der Waals surface area contributed by atoms with Crippen molar-refractivity contribution in [2.75, 3.05) is 0 Å². The maximum atomic E-state index is 14.2. The number of ether oxygens (including phenoxy) is 1. The molecule has 2 N–H and O–H groups in total. The molecule has 3 rings (SSSR count). The van der Waals surface area contributed by atoms with Crippen molar-refractivity contribution in [3.63, 3.8) is 0 Å². The second-order valence-electron chi connectivity index (χ2n) is 9.54. The fraction of sp³-hybridized carbons (Fsp3) is 0.522. The molecule has 0 saturated heterocycles. The van der Waals surface area contributed by atoms with E-state index < -0.39 is 53.1 Å². The van der Waals surface area contributed by atoms with Crippen LogP contribution in [0.1, 0.15) is 50.7 Å². The molecule has 1 aliphatic rings. The largest absolute Gasteiger partial charge is 0.494 e. The van der Waals surface area contributed by atoms with Gasteiger partial charge in [-0.25, -0.2) is 27.5 Å². The van der Waals surface area contributed by atoms with Gasteiger partial charge in [0, 0.05) is 30.9 Å². The highest BCUT2D eigenvalue weighted by Crippen LogP contribution is 2.28. The topological polar surface area (TPSA) is 75.1 Å². The summed E-state index contributed by atoms with van der Waals surface area (Å²) in [6, 6.07) is 0.00446. The van der Waals surface area contributed by atoms with E-state index in [-0.39, 0.29) is 43.6 Å². The Hall–Kier alpha value is -3.05. The molecule has 1 unspecified atom stereocenters. The van der Waals surface area contributed by atoms with Crippen LogP contribution in [-0.4, -0.2) is 28.5 Å². The van der Waals surface area contributed by atoms with Crippen molar-refractivity contribution in [1.82, 2.24) is 10.3 Å². The van der Waals surface area contributed by atoms with E-state index in [1.54, 1.807) is 20.8 Å². The minimum atomic E-state index is -4.56. The lowest BCUT2D eigenvalue weighted by atomic mass is 9.87. The summed E-state index contributed by atoms with van der Waals surface area (Å²) in [5, 5.41) is 2.47. The Labute approximate surface area is 197 Å². The third-order valence-electron chi connectivity index (χ3n) is 5.60. The first-order chi connectivity index (χ1) is 16.1. The number of fused-ring (bicyclic) bond motifs is 1. The fourth-order valence-corrected chi connectivity index (χ4v) is 4.07. The minimum Gasteiger partial charge on any atom is -0.444 e. The first kappa shape index (κ1) is 26.6. The monoisotopic (exact) mass is 506 g/mol. The molecular formula is C23H26F6N3O3+. The number of benzene rings is 1. The Morgan fingerprint density at radius 3 is 2.43 bits per heavy atom. The molecule has 192 valence electrons. The normalized spacial score (nSPS) is 17.0. The standard InChI is InChI=1S/C23H25F6N3O3/c1-22(2,3)35-21(34)31-14(6-13-8-17(25)18(26)10-16(13)24)9-19(33)12-4-5-32-15(7-12)11-30-20(32)23(27,28)29/h8,10-12,14H,4-7,9H2,1-3H3,(H,31,34)/p+1/t12-,14?/m1/s1. The highest BCUT2D eigenvalue weighted by molar-refractivity contribution is 5.82. The average molecular weight is 506 g/mol. The van der Waals surface area contributed by atoms with E-state index >= 15 is 0 Å². The number of alkyl carbamates (subject to hydrolysis) is 1. The van der Waals surface area contributed by atoms with Gasteiger partial charge in [-0.05, 0) is 45.2 Å². The molecule has 12 heteroatoms. The van der Waals surface area contributed by atoms with Crippen LogP contribution in [0.4, 0.5) is 31.1 Å². The molecule has 0 aliphatic carbocycles. The SMILES string of the molecule is CC(C)(C)OC(=O)NC(CC(=O)[C@@H]1CC[n+]2c(c[nH]c2C(F)(F)F)C1)Cc1cc(F)c(F)cc1F. The van der Waals surface area contributed by atoms with Crippen LogP contribution in [0.15, 0.2) is 18.3 Å². The van der Waals surface area contributed by atoms with Gasteiger partial charge < -0.3 is 10.1 Å². The number of carbonyl (C=O) groups excluding carboxylic acids is 2. The van der Waals surface area contributed by atoms with Crippen molar-refractivity contribution in [3.05, 3.63) is 52.9 Å². The van der Waals surface area contributed by atoms with Gasteiger partial charge in [-0.15, -0.1) is 0 Å². The lowest BCUT2D eigenvalue weighted by Crippen LogP contribution is -2.49. The quantitative estimate of drug-likeness (QED) is 0.347. The Balaban J connectivity index is 1.76. The van der Waals surface area contributed by atoms with Crippen molar-refractivity contribution in [2.24, 2.45) is 5.92 Å². The Morgan fingerprint density at radius 2 is 1.80 bits per heavy atom. The van der Waals surface area contributed by atoms with Gasteiger partial charge in [0.05, 0.1) is 6.54 Å².